The molecule has 0 spiro atoms. The van der Waals surface area contributed by atoms with Gasteiger partial charge in [0.05, 0.1) is 3.79 Å². The van der Waals surface area contributed by atoms with Crippen molar-refractivity contribution in [2.45, 2.75) is 13.2 Å². The SMILES string of the molecule is CNCc1cccc(OCc2ccc(Br)s2)c1. The predicted octanol–water partition coefficient (Wildman–Crippen LogP) is 3.81. The van der Waals surface area contributed by atoms with Crippen molar-refractivity contribution in [2.75, 3.05) is 7.05 Å². The molecule has 0 fully saturated rings. The van der Waals surface area contributed by atoms with Crippen molar-refractivity contribution in [1.29, 1.82) is 0 Å². The lowest BCUT2D eigenvalue weighted by Gasteiger charge is -2.06. The van der Waals surface area contributed by atoms with Gasteiger partial charge in [0.15, 0.2) is 0 Å². The third-order valence-electron chi connectivity index (χ3n) is 2.29. The van der Waals surface area contributed by atoms with Gasteiger partial charge in [0.2, 0.25) is 0 Å². The topological polar surface area (TPSA) is 21.3 Å². The van der Waals surface area contributed by atoms with Crippen LogP contribution in [0.2, 0.25) is 0 Å². The Morgan fingerprint density at radius 3 is 2.88 bits per heavy atom. The van der Waals surface area contributed by atoms with Crippen LogP contribution in [0.1, 0.15) is 10.4 Å². The minimum atomic E-state index is 0.624. The predicted molar refractivity (Wildman–Crippen MR) is 75.6 cm³/mol. The lowest BCUT2D eigenvalue weighted by molar-refractivity contribution is 0.309. The van der Waals surface area contributed by atoms with E-state index in [4.69, 9.17) is 4.74 Å². The molecule has 1 heterocycles. The van der Waals surface area contributed by atoms with Crippen molar-refractivity contribution < 1.29 is 4.74 Å². The Balaban J connectivity index is 1.96. The van der Waals surface area contributed by atoms with E-state index in [1.54, 1.807) is 11.3 Å². The van der Waals surface area contributed by atoms with Crippen molar-refractivity contribution in [1.82, 2.24) is 5.32 Å². The number of rotatable bonds is 5. The molecule has 2 nitrogen and oxygen atoms in total. The molecule has 0 amide bonds. The molecule has 2 aromatic rings. The second-order valence-corrected chi connectivity index (χ2v) is 6.22. The van der Waals surface area contributed by atoms with Crippen molar-refractivity contribution >= 4 is 27.3 Å². The zero-order valence-electron chi connectivity index (χ0n) is 9.57. The van der Waals surface area contributed by atoms with Gasteiger partial charge in [-0.1, -0.05) is 12.1 Å². The molecule has 0 aliphatic rings. The van der Waals surface area contributed by atoms with Crippen LogP contribution in [-0.2, 0) is 13.2 Å². The molecule has 0 radical (unpaired) electrons. The molecule has 17 heavy (non-hydrogen) atoms. The molecule has 4 heteroatoms. The van der Waals surface area contributed by atoms with Crippen LogP contribution >= 0.6 is 27.3 Å². The van der Waals surface area contributed by atoms with Gasteiger partial charge in [-0.25, -0.2) is 0 Å². The van der Waals surface area contributed by atoms with Crippen molar-refractivity contribution in [3.63, 3.8) is 0 Å². The summed E-state index contributed by atoms with van der Waals surface area (Å²) in [5, 5.41) is 3.13. The number of halogens is 1. The standard InChI is InChI=1S/C13H14BrNOS/c1-15-8-10-3-2-4-11(7-10)16-9-12-5-6-13(14)17-12/h2-7,15H,8-9H2,1H3. The van der Waals surface area contributed by atoms with E-state index >= 15 is 0 Å². The highest BCUT2D eigenvalue weighted by molar-refractivity contribution is 9.11. The summed E-state index contributed by atoms with van der Waals surface area (Å²) in [4.78, 5) is 1.22. The van der Waals surface area contributed by atoms with Gasteiger partial charge in [0.1, 0.15) is 12.4 Å². The molecule has 0 aliphatic carbocycles. The highest BCUT2D eigenvalue weighted by Crippen LogP contribution is 2.23. The normalized spacial score (nSPS) is 10.5. The minimum absolute atomic E-state index is 0.624. The van der Waals surface area contributed by atoms with E-state index in [-0.39, 0.29) is 0 Å². The van der Waals surface area contributed by atoms with Crippen LogP contribution in [0.4, 0.5) is 0 Å². The van der Waals surface area contributed by atoms with E-state index in [1.807, 2.05) is 25.2 Å². The largest absolute Gasteiger partial charge is 0.488 e. The maximum atomic E-state index is 5.75. The summed E-state index contributed by atoms with van der Waals surface area (Å²) in [5.74, 6) is 0.919. The van der Waals surface area contributed by atoms with Crippen LogP contribution in [0.3, 0.4) is 0 Å². The van der Waals surface area contributed by atoms with Gasteiger partial charge in [-0.05, 0) is 52.8 Å². The molecule has 2 rings (SSSR count). The summed E-state index contributed by atoms with van der Waals surface area (Å²) in [6.07, 6.45) is 0. The smallest absolute Gasteiger partial charge is 0.122 e. The molecule has 0 saturated carbocycles. The fraction of sp³-hybridized carbons (Fsp3) is 0.231. The van der Waals surface area contributed by atoms with Crippen LogP contribution in [0.15, 0.2) is 40.2 Å². The zero-order valence-corrected chi connectivity index (χ0v) is 12.0. The summed E-state index contributed by atoms with van der Waals surface area (Å²) < 4.78 is 6.89. The molecule has 1 N–H and O–H groups in total. The van der Waals surface area contributed by atoms with Gasteiger partial charge < -0.3 is 10.1 Å². The molecule has 1 aromatic carbocycles. The van der Waals surface area contributed by atoms with Crippen LogP contribution in [0.25, 0.3) is 0 Å². The van der Waals surface area contributed by atoms with E-state index < -0.39 is 0 Å². The summed E-state index contributed by atoms with van der Waals surface area (Å²) in [7, 11) is 1.94. The summed E-state index contributed by atoms with van der Waals surface area (Å²) in [6.45, 7) is 1.49. The Morgan fingerprint density at radius 1 is 1.29 bits per heavy atom. The van der Waals surface area contributed by atoms with E-state index in [0.29, 0.717) is 6.61 Å². The highest BCUT2D eigenvalue weighted by atomic mass is 79.9. The lowest BCUT2D eigenvalue weighted by atomic mass is 10.2. The second kappa shape index (κ2) is 6.19. The highest BCUT2D eigenvalue weighted by Gasteiger charge is 2.00. The van der Waals surface area contributed by atoms with E-state index in [2.05, 4.69) is 39.4 Å². The van der Waals surface area contributed by atoms with E-state index in [1.165, 1.54) is 10.4 Å². The Hall–Kier alpha value is -0.840. The maximum Gasteiger partial charge on any atom is 0.122 e. The molecule has 0 unspecified atom stereocenters. The van der Waals surface area contributed by atoms with Gasteiger partial charge in [-0.3, -0.25) is 0 Å². The molecule has 0 atom stereocenters. The first-order valence-electron chi connectivity index (χ1n) is 5.38. The average molecular weight is 312 g/mol. The summed E-state index contributed by atoms with van der Waals surface area (Å²) in [6, 6.07) is 12.3. The minimum Gasteiger partial charge on any atom is -0.488 e. The van der Waals surface area contributed by atoms with E-state index in [9.17, 15) is 0 Å². The molecule has 0 aliphatic heterocycles. The first kappa shape index (κ1) is 12.6. The summed E-state index contributed by atoms with van der Waals surface area (Å²) >= 11 is 5.15. The van der Waals surface area contributed by atoms with Gasteiger partial charge in [0.25, 0.3) is 0 Å². The number of hydrogen-bond acceptors (Lipinski definition) is 3. The molecule has 0 bridgehead atoms. The van der Waals surface area contributed by atoms with Crippen LogP contribution in [0.5, 0.6) is 5.75 Å². The Bertz CT molecular complexity index is 484. The van der Waals surface area contributed by atoms with Gasteiger partial charge in [-0.15, -0.1) is 11.3 Å². The van der Waals surface area contributed by atoms with Gasteiger partial charge >= 0.3 is 0 Å². The van der Waals surface area contributed by atoms with Crippen molar-refractivity contribution in [3.8, 4) is 5.75 Å². The quantitative estimate of drug-likeness (QED) is 0.906. The third kappa shape index (κ3) is 3.84. The van der Waals surface area contributed by atoms with Crippen LogP contribution in [0, 0.1) is 0 Å². The van der Waals surface area contributed by atoms with Gasteiger partial charge in [0, 0.05) is 11.4 Å². The lowest BCUT2D eigenvalue weighted by Crippen LogP contribution is -2.05. The maximum absolute atomic E-state index is 5.75. The Morgan fingerprint density at radius 2 is 2.18 bits per heavy atom. The molecular formula is C13H14BrNOS. The number of thiophene rings is 1. The number of hydrogen-bond donors (Lipinski definition) is 1. The fourth-order valence-electron chi connectivity index (χ4n) is 1.53. The zero-order chi connectivity index (χ0) is 12.1. The van der Waals surface area contributed by atoms with Crippen LogP contribution < -0.4 is 10.1 Å². The molecule has 1 aromatic heterocycles. The molecule has 0 saturated heterocycles. The monoisotopic (exact) mass is 311 g/mol. The Kier molecular flexibility index (Phi) is 4.59. The third-order valence-corrected chi connectivity index (χ3v) is 3.89. The average Bonchev–Trinajstić information content (AvgIpc) is 2.74. The molecule has 90 valence electrons. The number of nitrogens with one attached hydrogen (secondary N) is 1. The first-order chi connectivity index (χ1) is 8.28. The van der Waals surface area contributed by atoms with Gasteiger partial charge in [-0.2, -0.15) is 0 Å². The van der Waals surface area contributed by atoms with E-state index in [0.717, 1.165) is 16.1 Å². The number of benzene rings is 1. The van der Waals surface area contributed by atoms with Crippen LogP contribution in [-0.4, -0.2) is 7.05 Å². The first-order valence-corrected chi connectivity index (χ1v) is 6.99. The van der Waals surface area contributed by atoms with Crippen molar-refractivity contribution in [2.24, 2.45) is 0 Å². The summed E-state index contributed by atoms with van der Waals surface area (Å²) in [5.41, 5.74) is 1.23. The Labute approximate surface area is 114 Å². The fourth-order valence-corrected chi connectivity index (χ4v) is 2.93. The molecular weight excluding hydrogens is 298 g/mol. The van der Waals surface area contributed by atoms with Crippen molar-refractivity contribution in [3.05, 3.63) is 50.6 Å². The number of ether oxygens (including phenoxy) is 1. The second-order valence-electron chi connectivity index (χ2n) is 3.67.